The second kappa shape index (κ2) is 17.5. The number of alkyl halides is 4. The lowest BCUT2D eigenvalue weighted by Crippen LogP contribution is -2.47. The Morgan fingerprint density at radius 3 is 1.55 bits per heavy atom. The SMILES string of the molecule is Cc1cc(N(CCCl)CCCl)ccc1CN1CCCN(Cc2ccc(N(CCCl)CCCl)cc2C)C1c1cc(O)cc(Br)c1. The van der Waals surface area contributed by atoms with E-state index in [2.05, 4.69) is 91.8 Å². The molecule has 1 fully saturated rings. The molecule has 0 atom stereocenters. The first-order valence-corrected chi connectivity index (χ1v) is 18.1. The van der Waals surface area contributed by atoms with E-state index in [-0.39, 0.29) is 11.9 Å². The highest BCUT2D eigenvalue weighted by atomic mass is 79.9. The third-order valence-corrected chi connectivity index (χ3v) is 9.47. The number of hydrogen-bond acceptors (Lipinski definition) is 5. The maximum Gasteiger partial charge on any atom is 0.117 e. The fourth-order valence-electron chi connectivity index (χ4n) is 6.14. The van der Waals surface area contributed by atoms with Gasteiger partial charge in [-0.1, -0.05) is 28.1 Å². The maximum absolute atomic E-state index is 10.6. The van der Waals surface area contributed by atoms with E-state index in [9.17, 15) is 5.11 Å². The quantitative estimate of drug-likeness (QED) is 0.158. The van der Waals surface area contributed by atoms with E-state index in [1.54, 1.807) is 6.07 Å². The predicted octanol–water partition coefficient (Wildman–Crippen LogP) is 8.75. The van der Waals surface area contributed by atoms with Gasteiger partial charge in [0.1, 0.15) is 5.75 Å². The van der Waals surface area contributed by atoms with Crippen molar-refractivity contribution in [3.05, 3.63) is 86.9 Å². The smallest absolute Gasteiger partial charge is 0.117 e. The standard InChI is InChI=1S/C34H43BrCl4N4O/c1-25-18-31(40(14-8-36)15-9-37)6-4-27(25)23-42-12-3-13-43(34(42)29-20-30(35)22-33(44)21-29)24-28-5-7-32(19-26(28)2)41(16-10-38)17-11-39/h4-7,18-22,34,44H,3,8-17,23-24H2,1-2H3. The fourth-order valence-corrected chi connectivity index (χ4v) is 7.46. The molecule has 1 aliphatic rings. The summed E-state index contributed by atoms with van der Waals surface area (Å²) in [5.41, 5.74) is 8.44. The van der Waals surface area contributed by atoms with Crippen molar-refractivity contribution in [3.63, 3.8) is 0 Å². The van der Waals surface area contributed by atoms with Crippen LogP contribution in [0.15, 0.2) is 59.1 Å². The van der Waals surface area contributed by atoms with Gasteiger partial charge in [-0.25, -0.2) is 0 Å². The van der Waals surface area contributed by atoms with Crippen molar-refractivity contribution >= 4 is 73.7 Å². The summed E-state index contributed by atoms with van der Waals surface area (Å²) in [7, 11) is 0. The van der Waals surface area contributed by atoms with E-state index in [1.165, 1.54) is 22.3 Å². The molecule has 10 heteroatoms. The molecule has 0 amide bonds. The van der Waals surface area contributed by atoms with Crippen molar-refractivity contribution in [2.75, 3.05) is 72.6 Å². The van der Waals surface area contributed by atoms with Crippen LogP contribution in [0.2, 0.25) is 0 Å². The summed E-state index contributed by atoms with van der Waals surface area (Å²) in [5, 5.41) is 10.6. The normalized spacial score (nSPS) is 14.7. The molecule has 5 nitrogen and oxygen atoms in total. The molecule has 3 aromatic rings. The number of anilines is 2. The van der Waals surface area contributed by atoms with E-state index in [1.807, 2.05) is 6.07 Å². The Balaban J connectivity index is 1.63. The largest absolute Gasteiger partial charge is 0.508 e. The molecule has 0 spiro atoms. The lowest BCUT2D eigenvalue weighted by molar-refractivity contribution is -0.00940. The monoisotopic (exact) mass is 742 g/mol. The van der Waals surface area contributed by atoms with Gasteiger partial charge in [-0.05, 0) is 90.6 Å². The minimum absolute atomic E-state index is 0.00158. The first kappa shape index (κ1) is 35.5. The summed E-state index contributed by atoms with van der Waals surface area (Å²) in [6.45, 7) is 11.0. The number of hydrogen-bond donors (Lipinski definition) is 1. The average Bonchev–Trinajstić information content (AvgIpc) is 2.98. The van der Waals surface area contributed by atoms with Gasteiger partial charge in [0.15, 0.2) is 0 Å². The van der Waals surface area contributed by atoms with Crippen molar-refractivity contribution in [2.24, 2.45) is 0 Å². The molecule has 1 N–H and O–H groups in total. The zero-order valence-electron chi connectivity index (χ0n) is 25.6. The van der Waals surface area contributed by atoms with Crippen LogP contribution in [0.25, 0.3) is 0 Å². The molecule has 0 aliphatic carbocycles. The van der Waals surface area contributed by atoms with Crippen molar-refractivity contribution in [1.82, 2.24) is 9.80 Å². The molecule has 4 rings (SSSR count). The van der Waals surface area contributed by atoms with E-state index in [0.29, 0.717) is 23.5 Å². The predicted molar refractivity (Wildman–Crippen MR) is 194 cm³/mol. The Bertz CT molecular complexity index is 1260. The molecule has 0 bridgehead atoms. The molecule has 0 radical (unpaired) electrons. The molecule has 44 heavy (non-hydrogen) atoms. The highest BCUT2D eigenvalue weighted by Crippen LogP contribution is 2.36. The Morgan fingerprint density at radius 2 is 1.16 bits per heavy atom. The zero-order chi connectivity index (χ0) is 31.6. The topological polar surface area (TPSA) is 33.2 Å². The number of nitrogens with zero attached hydrogens (tertiary/aromatic N) is 4. The van der Waals surface area contributed by atoms with E-state index in [0.717, 1.165) is 80.2 Å². The molecular weight excluding hydrogens is 702 g/mol. The molecule has 240 valence electrons. The van der Waals surface area contributed by atoms with Crippen molar-refractivity contribution in [2.45, 2.75) is 39.5 Å². The molecule has 1 saturated heterocycles. The molecule has 0 unspecified atom stereocenters. The highest BCUT2D eigenvalue weighted by Gasteiger charge is 2.32. The van der Waals surface area contributed by atoms with Crippen molar-refractivity contribution < 1.29 is 5.11 Å². The van der Waals surface area contributed by atoms with Crippen LogP contribution in [0.4, 0.5) is 11.4 Å². The van der Waals surface area contributed by atoms with Crippen LogP contribution in [-0.2, 0) is 13.1 Å². The second-order valence-corrected chi connectivity index (χ2v) is 13.8. The van der Waals surface area contributed by atoms with E-state index in [4.69, 9.17) is 46.4 Å². The summed E-state index contributed by atoms with van der Waals surface area (Å²) < 4.78 is 0.872. The van der Waals surface area contributed by atoms with Gasteiger partial charge in [0, 0.05) is 91.7 Å². The van der Waals surface area contributed by atoms with E-state index < -0.39 is 0 Å². The molecule has 3 aromatic carbocycles. The van der Waals surface area contributed by atoms with Crippen LogP contribution in [0.3, 0.4) is 0 Å². The van der Waals surface area contributed by atoms with Crippen LogP contribution >= 0.6 is 62.3 Å². The van der Waals surface area contributed by atoms with Crippen LogP contribution < -0.4 is 9.80 Å². The molecular formula is C34H43BrCl4N4O. The van der Waals surface area contributed by atoms with Gasteiger partial charge in [0.05, 0.1) is 6.17 Å². The summed E-state index contributed by atoms with van der Waals surface area (Å²) in [6.07, 6.45) is 1.06. The van der Waals surface area contributed by atoms with Gasteiger partial charge in [0.25, 0.3) is 0 Å². The van der Waals surface area contributed by atoms with Crippen LogP contribution in [0.5, 0.6) is 5.75 Å². The fraction of sp³-hybridized carbons (Fsp3) is 0.471. The van der Waals surface area contributed by atoms with Gasteiger partial charge >= 0.3 is 0 Å². The summed E-state index contributed by atoms with van der Waals surface area (Å²) in [4.78, 5) is 9.55. The number of rotatable bonds is 15. The minimum atomic E-state index is -0.00158. The number of halogens is 5. The molecule has 0 saturated carbocycles. The second-order valence-electron chi connectivity index (χ2n) is 11.4. The average molecular weight is 745 g/mol. The molecule has 1 heterocycles. The summed E-state index contributed by atoms with van der Waals surface area (Å²) in [6, 6.07) is 19.1. The van der Waals surface area contributed by atoms with E-state index >= 15 is 0 Å². The van der Waals surface area contributed by atoms with Gasteiger partial charge in [-0.15, -0.1) is 46.4 Å². The Labute approximate surface area is 291 Å². The zero-order valence-corrected chi connectivity index (χ0v) is 30.2. The number of aryl methyl sites for hydroxylation is 2. The Kier molecular flexibility index (Phi) is 14.1. The molecule has 0 aromatic heterocycles. The van der Waals surface area contributed by atoms with Crippen molar-refractivity contribution in [1.29, 1.82) is 0 Å². The maximum atomic E-state index is 10.6. The number of benzene rings is 3. The minimum Gasteiger partial charge on any atom is -0.508 e. The summed E-state index contributed by atoms with van der Waals surface area (Å²) in [5.74, 6) is 2.50. The number of phenolic OH excluding ortho intramolecular Hbond substituents is 1. The first-order valence-electron chi connectivity index (χ1n) is 15.2. The number of phenols is 1. The lowest BCUT2D eigenvalue weighted by atomic mass is 10.0. The lowest BCUT2D eigenvalue weighted by Gasteiger charge is -2.45. The van der Waals surface area contributed by atoms with Gasteiger partial charge in [0.2, 0.25) is 0 Å². The Morgan fingerprint density at radius 1 is 0.705 bits per heavy atom. The number of aromatic hydroxyl groups is 1. The van der Waals surface area contributed by atoms with Gasteiger partial charge in [-0.3, -0.25) is 9.80 Å². The Hall–Kier alpha value is -1.38. The summed E-state index contributed by atoms with van der Waals surface area (Å²) >= 11 is 27.9. The first-order chi connectivity index (χ1) is 21.3. The van der Waals surface area contributed by atoms with Crippen LogP contribution in [0.1, 0.15) is 40.4 Å². The highest BCUT2D eigenvalue weighted by molar-refractivity contribution is 9.10. The third-order valence-electron chi connectivity index (χ3n) is 8.33. The van der Waals surface area contributed by atoms with Gasteiger partial charge in [-0.2, -0.15) is 0 Å². The van der Waals surface area contributed by atoms with Crippen LogP contribution in [0, 0.1) is 13.8 Å². The van der Waals surface area contributed by atoms with Gasteiger partial charge < -0.3 is 14.9 Å². The van der Waals surface area contributed by atoms with Crippen LogP contribution in [-0.4, -0.2) is 77.7 Å². The third kappa shape index (κ3) is 9.34. The molecule has 1 aliphatic heterocycles. The van der Waals surface area contributed by atoms with Crippen molar-refractivity contribution in [3.8, 4) is 5.75 Å².